The average Bonchev–Trinajstić information content (AvgIpc) is 3.42. The Labute approximate surface area is 166 Å². The maximum atomic E-state index is 12.5. The van der Waals surface area contributed by atoms with Crippen LogP contribution in [0.1, 0.15) is 48.9 Å². The van der Waals surface area contributed by atoms with Crippen LogP contribution in [0.4, 0.5) is 4.79 Å². The van der Waals surface area contributed by atoms with E-state index < -0.39 is 23.4 Å². The zero-order valence-electron chi connectivity index (χ0n) is 15.8. The molecule has 4 rings (SSSR count). The molecule has 1 spiro atoms. The lowest BCUT2D eigenvalue weighted by Gasteiger charge is -2.19. The topological polar surface area (TPSA) is 126 Å². The second kappa shape index (κ2) is 7.61. The number of imide groups is 1. The molecule has 0 unspecified atom stereocenters. The van der Waals surface area contributed by atoms with Gasteiger partial charge in [0.1, 0.15) is 5.54 Å². The van der Waals surface area contributed by atoms with Crippen LogP contribution in [-0.4, -0.2) is 47.5 Å². The third kappa shape index (κ3) is 3.69. The monoisotopic (exact) mass is 402 g/mol. The highest BCUT2D eigenvalue weighted by molar-refractivity contribution is 6.07. The van der Waals surface area contributed by atoms with Gasteiger partial charge < -0.3 is 14.8 Å². The van der Waals surface area contributed by atoms with E-state index in [1.165, 1.54) is 11.0 Å². The first-order chi connectivity index (χ1) is 14.0. The normalized spacial score (nSPS) is 18.8. The zero-order chi connectivity index (χ0) is 20.4. The fourth-order valence-corrected chi connectivity index (χ4v) is 3.89. The van der Waals surface area contributed by atoms with Crippen molar-refractivity contribution < 1.29 is 28.7 Å². The molecule has 0 aromatic heterocycles. The van der Waals surface area contributed by atoms with E-state index in [4.69, 9.17) is 9.47 Å². The summed E-state index contributed by atoms with van der Waals surface area (Å²) in [4.78, 5) is 49.9. The standard InChI is InChI=1S/C19H22N4O6/c24-15(21-22-16(25)12-5-6-13-14(10-12)29-11-28-13)4-3-9-23-17(26)19(20-18(23)27)7-1-2-8-19/h5-6,10H,1-4,7-9,11H2,(H,20,27)(H,21,24)(H,22,25). The van der Waals surface area contributed by atoms with Gasteiger partial charge in [0, 0.05) is 18.5 Å². The van der Waals surface area contributed by atoms with E-state index >= 15 is 0 Å². The summed E-state index contributed by atoms with van der Waals surface area (Å²) in [5.74, 6) is -0.0739. The molecule has 2 fully saturated rings. The van der Waals surface area contributed by atoms with Crippen LogP contribution in [0.25, 0.3) is 0 Å². The molecule has 2 aliphatic heterocycles. The number of hydrogen-bond donors (Lipinski definition) is 3. The first-order valence-electron chi connectivity index (χ1n) is 9.61. The SMILES string of the molecule is O=C(CCCN1C(=O)NC2(CCCC2)C1=O)NNC(=O)c1ccc2c(c1)OCO2. The molecule has 5 amide bonds. The van der Waals surface area contributed by atoms with E-state index in [9.17, 15) is 19.2 Å². The molecule has 1 aromatic rings. The van der Waals surface area contributed by atoms with Crippen molar-refractivity contribution >= 4 is 23.8 Å². The highest BCUT2D eigenvalue weighted by atomic mass is 16.7. The highest BCUT2D eigenvalue weighted by Crippen LogP contribution is 2.35. The smallest absolute Gasteiger partial charge is 0.325 e. The number of carbonyl (C=O) groups excluding carboxylic acids is 4. The summed E-state index contributed by atoms with van der Waals surface area (Å²) in [5.41, 5.74) is 4.24. The maximum Gasteiger partial charge on any atom is 0.325 e. The molecule has 2 heterocycles. The van der Waals surface area contributed by atoms with Crippen molar-refractivity contribution in [3.63, 3.8) is 0 Å². The van der Waals surface area contributed by atoms with Crippen molar-refractivity contribution in [3.05, 3.63) is 23.8 Å². The minimum absolute atomic E-state index is 0.0610. The second-order valence-electron chi connectivity index (χ2n) is 7.35. The number of hydrogen-bond acceptors (Lipinski definition) is 6. The number of fused-ring (bicyclic) bond motifs is 1. The number of carbonyl (C=O) groups is 4. The van der Waals surface area contributed by atoms with Gasteiger partial charge in [-0.05, 0) is 37.5 Å². The van der Waals surface area contributed by atoms with Gasteiger partial charge in [-0.2, -0.15) is 0 Å². The molecule has 1 aromatic carbocycles. The van der Waals surface area contributed by atoms with Gasteiger partial charge in [-0.15, -0.1) is 0 Å². The van der Waals surface area contributed by atoms with Crippen molar-refractivity contribution in [2.24, 2.45) is 0 Å². The quantitative estimate of drug-likeness (QED) is 0.495. The van der Waals surface area contributed by atoms with Gasteiger partial charge in [-0.25, -0.2) is 4.79 Å². The summed E-state index contributed by atoms with van der Waals surface area (Å²) in [7, 11) is 0. The van der Waals surface area contributed by atoms with Crippen molar-refractivity contribution in [3.8, 4) is 11.5 Å². The first-order valence-corrected chi connectivity index (χ1v) is 9.61. The minimum atomic E-state index is -0.738. The fraction of sp³-hybridized carbons (Fsp3) is 0.474. The molecule has 10 heteroatoms. The van der Waals surface area contributed by atoms with E-state index in [0.29, 0.717) is 36.3 Å². The molecular formula is C19H22N4O6. The lowest BCUT2D eigenvalue weighted by molar-refractivity contribution is -0.131. The Hall–Kier alpha value is -3.30. The third-order valence-electron chi connectivity index (χ3n) is 5.44. The lowest BCUT2D eigenvalue weighted by atomic mass is 9.98. The molecule has 10 nitrogen and oxygen atoms in total. The van der Waals surface area contributed by atoms with Crippen molar-refractivity contribution in [1.29, 1.82) is 0 Å². The van der Waals surface area contributed by atoms with Crippen LogP contribution < -0.4 is 25.6 Å². The van der Waals surface area contributed by atoms with E-state index in [0.717, 1.165) is 12.8 Å². The summed E-state index contributed by atoms with van der Waals surface area (Å²) >= 11 is 0. The number of benzene rings is 1. The van der Waals surface area contributed by atoms with Gasteiger partial charge in [-0.3, -0.25) is 30.1 Å². The zero-order valence-corrected chi connectivity index (χ0v) is 15.8. The van der Waals surface area contributed by atoms with Crippen LogP contribution >= 0.6 is 0 Å². The van der Waals surface area contributed by atoms with Gasteiger partial charge in [0.2, 0.25) is 12.7 Å². The number of hydrazine groups is 1. The lowest BCUT2D eigenvalue weighted by Crippen LogP contribution is -2.44. The van der Waals surface area contributed by atoms with Gasteiger partial charge in [0.25, 0.3) is 11.8 Å². The van der Waals surface area contributed by atoms with Crippen LogP contribution in [0.3, 0.4) is 0 Å². The molecular weight excluding hydrogens is 380 g/mol. The molecule has 1 aliphatic carbocycles. The van der Waals surface area contributed by atoms with E-state index in [1.807, 2.05) is 0 Å². The molecule has 0 bridgehead atoms. The maximum absolute atomic E-state index is 12.5. The van der Waals surface area contributed by atoms with Gasteiger partial charge in [0.15, 0.2) is 11.5 Å². The van der Waals surface area contributed by atoms with Crippen LogP contribution in [0.2, 0.25) is 0 Å². The molecule has 1 saturated carbocycles. The molecule has 0 radical (unpaired) electrons. The van der Waals surface area contributed by atoms with Crippen molar-refractivity contribution in [1.82, 2.24) is 21.1 Å². The summed E-state index contributed by atoms with van der Waals surface area (Å²) < 4.78 is 10.4. The molecule has 0 atom stereocenters. The largest absolute Gasteiger partial charge is 0.454 e. The Morgan fingerprint density at radius 1 is 1.10 bits per heavy atom. The van der Waals surface area contributed by atoms with Crippen LogP contribution in [0, 0.1) is 0 Å². The second-order valence-corrected chi connectivity index (χ2v) is 7.35. The van der Waals surface area contributed by atoms with E-state index in [2.05, 4.69) is 16.2 Å². The average molecular weight is 402 g/mol. The summed E-state index contributed by atoms with van der Waals surface area (Å²) in [6.07, 6.45) is 3.55. The number of ether oxygens (including phenoxy) is 2. The summed E-state index contributed by atoms with van der Waals surface area (Å²) in [6.45, 7) is 0.270. The van der Waals surface area contributed by atoms with Crippen LogP contribution in [0.5, 0.6) is 11.5 Å². The van der Waals surface area contributed by atoms with Crippen LogP contribution in [-0.2, 0) is 9.59 Å². The van der Waals surface area contributed by atoms with Crippen molar-refractivity contribution in [2.75, 3.05) is 13.3 Å². The molecule has 3 N–H and O–H groups in total. The number of nitrogens with zero attached hydrogens (tertiary/aromatic N) is 1. The Balaban J connectivity index is 1.21. The van der Waals surface area contributed by atoms with Gasteiger partial charge in [-0.1, -0.05) is 12.8 Å². The number of rotatable bonds is 5. The molecule has 1 saturated heterocycles. The van der Waals surface area contributed by atoms with Crippen molar-refractivity contribution in [2.45, 2.75) is 44.1 Å². The van der Waals surface area contributed by atoms with Gasteiger partial charge >= 0.3 is 6.03 Å². The number of urea groups is 1. The summed E-state index contributed by atoms with van der Waals surface area (Å²) in [6, 6.07) is 4.31. The predicted octanol–water partition coefficient (Wildman–Crippen LogP) is 0.821. The number of nitrogens with one attached hydrogen (secondary N) is 3. The highest BCUT2D eigenvalue weighted by Gasteiger charge is 2.52. The molecule has 154 valence electrons. The number of amides is 5. The predicted molar refractivity (Wildman–Crippen MR) is 98.9 cm³/mol. The first kappa shape index (κ1) is 19.0. The Morgan fingerprint density at radius 3 is 2.66 bits per heavy atom. The Bertz CT molecular complexity index is 864. The van der Waals surface area contributed by atoms with Crippen LogP contribution in [0.15, 0.2) is 18.2 Å². The third-order valence-corrected chi connectivity index (χ3v) is 5.44. The summed E-state index contributed by atoms with van der Waals surface area (Å²) in [5, 5.41) is 2.80. The fourth-order valence-electron chi connectivity index (χ4n) is 3.89. The van der Waals surface area contributed by atoms with E-state index in [1.54, 1.807) is 12.1 Å². The Morgan fingerprint density at radius 2 is 1.86 bits per heavy atom. The van der Waals surface area contributed by atoms with E-state index in [-0.39, 0.29) is 25.7 Å². The molecule has 3 aliphatic rings. The minimum Gasteiger partial charge on any atom is -0.454 e. The Kier molecular flexibility index (Phi) is 4.99. The molecule has 29 heavy (non-hydrogen) atoms. The van der Waals surface area contributed by atoms with Gasteiger partial charge in [0.05, 0.1) is 0 Å².